The topological polar surface area (TPSA) is 37.3 Å². The lowest BCUT2D eigenvalue weighted by Gasteiger charge is -2.24. The number of hydrogen-bond acceptors (Lipinski definition) is 2. The average molecular weight is 244 g/mol. The molecule has 0 unspecified atom stereocenters. The molecule has 1 N–H and O–H groups in total. The second-order valence-electron chi connectivity index (χ2n) is 4.93. The van der Waals surface area contributed by atoms with Crippen molar-refractivity contribution in [3.8, 4) is 0 Å². The van der Waals surface area contributed by atoms with Crippen molar-refractivity contribution in [3.05, 3.63) is 47.0 Å². The van der Waals surface area contributed by atoms with E-state index in [0.29, 0.717) is 12.3 Å². The molecule has 96 valence electrons. The summed E-state index contributed by atoms with van der Waals surface area (Å²) in [6.45, 7) is 0.167. The number of aliphatic hydroxyl groups is 1. The van der Waals surface area contributed by atoms with E-state index in [2.05, 4.69) is 24.3 Å². The van der Waals surface area contributed by atoms with Crippen LogP contribution in [0.3, 0.4) is 0 Å². The quantitative estimate of drug-likeness (QED) is 0.653. The summed E-state index contributed by atoms with van der Waals surface area (Å²) in [5.74, 6) is 0.631. The van der Waals surface area contributed by atoms with Crippen LogP contribution in [-0.2, 0) is 11.2 Å². The number of hydrogen-bond donors (Lipinski definition) is 1. The first-order chi connectivity index (χ1) is 8.83. The Hall–Kier alpha value is -1.41. The van der Waals surface area contributed by atoms with Gasteiger partial charge in [-0.05, 0) is 42.7 Å². The molecule has 1 saturated carbocycles. The highest BCUT2D eigenvalue weighted by atomic mass is 16.2. The minimum absolute atomic E-state index is 0.167. The molecular weight excluding hydrogens is 224 g/mol. The number of allylic oxidation sites excluding steroid dienone is 1. The van der Waals surface area contributed by atoms with E-state index >= 15 is 0 Å². The first kappa shape index (κ1) is 13.0. The molecule has 0 bridgehead atoms. The normalized spacial score (nSPS) is 19.6. The Kier molecular flexibility index (Phi) is 4.71. The molecule has 1 aromatic carbocycles. The van der Waals surface area contributed by atoms with E-state index in [4.69, 9.17) is 5.11 Å². The predicted molar refractivity (Wildman–Crippen MR) is 72.6 cm³/mol. The van der Waals surface area contributed by atoms with E-state index in [1.807, 2.05) is 6.08 Å². The first-order valence-corrected chi connectivity index (χ1v) is 6.64. The Labute approximate surface area is 108 Å². The molecule has 0 aliphatic heterocycles. The smallest absolute Gasteiger partial charge is 0.124 e. The zero-order valence-corrected chi connectivity index (χ0v) is 10.6. The van der Waals surface area contributed by atoms with Gasteiger partial charge in [-0.3, -0.25) is 0 Å². The van der Waals surface area contributed by atoms with Crippen LogP contribution in [0.15, 0.2) is 35.9 Å². The van der Waals surface area contributed by atoms with Crippen molar-refractivity contribution < 1.29 is 9.90 Å². The fourth-order valence-electron chi connectivity index (χ4n) is 2.68. The molecular formula is C16H20O2. The molecule has 2 rings (SSSR count). The zero-order chi connectivity index (χ0) is 12.8. The lowest BCUT2D eigenvalue weighted by Crippen LogP contribution is -2.07. The van der Waals surface area contributed by atoms with Crippen LogP contribution >= 0.6 is 0 Å². The Morgan fingerprint density at radius 1 is 1.17 bits per heavy atom. The number of benzene rings is 1. The second-order valence-corrected chi connectivity index (χ2v) is 4.93. The van der Waals surface area contributed by atoms with Gasteiger partial charge in [0.25, 0.3) is 0 Å². The highest BCUT2D eigenvalue weighted by molar-refractivity contribution is 5.54. The van der Waals surface area contributed by atoms with E-state index in [0.717, 1.165) is 24.7 Å². The summed E-state index contributed by atoms with van der Waals surface area (Å²) in [6, 6.07) is 8.43. The van der Waals surface area contributed by atoms with E-state index in [1.54, 1.807) is 0 Å². The summed E-state index contributed by atoms with van der Waals surface area (Å²) in [4.78, 5) is 10.4. The first-order valence-electron chi connectivity index (χ1n) is 6.64. The molecule has 0 amide bonds. The third-order valence-electron chi connectivity index (χ3n) is 3.78. The summed E-state index contributed by atoms with van der Waals surface area (Å²) in [5, 5.41) is 8.88. The minimum atomic E-state index is 0.167. The molecule has 1 aliphatic carbocycles. The van der Waals surface area contributed by atoms with Crippen molar-refractivity contribution in [1.82, 2.24) is 0 Å². The number of carbonyl (C=O) groups excluding carboxylic acids is 1. The third kappa shape index (κ3) is 3.30. The average Bonchev–Trinajstić information content (AvgIpc) is 2.41. The van der Waals surface area contributed by atoms with Crippen molar-refractivity contribution in [1.29, 1.82) is 0 Å². The van der Waals surface area contributed by atoms with Crippen LogP contribution < -0.4 is 0 Å². The Morgan fingerprint density at radius 3 is 2.39 bits per heavy atom. The molecule has 18 heavy (non-hydrogen) atoms. The van der Waals surface area contributed by atoms with Crippen LogP contribution in [0, 0.1) is 0 Å². The molecule has 1 fully saturated rings. The van der Waals surface area contributed by atoms with Crippen molar-refractivity contribution in [3.63, 3.8) is 0 Å². The van der Waals surface area contributed by atoms with Gasteiger partial charge in [-0.2, -0.15) is 0 Å². The highest BCUT2D eigenvalue weighted by Gasteiger charge is 2.17. The maximum Gasteiger partial charge on any atom is 0.124 e. The van der Waals surface area contributed by atoms with Gasteiger partial charge >= 0.3 is 0 Å². The van der Waals surface area contributed by atoms with Crippen molar-refractivity contribution in [2.24, 2.45) is 0 Å². The molecule has 0 aromatic heterocycles. The summed E-state index contributed by atoms with van der Waals surface area (Å²) in [5.41, 5.74) is 3.87. The van der Waals surface area contributed by atoms with Gasteiger partial charge < -0.3 is 9.90 Å². The minimum Gasteiger partial charge on any atom is -0.392 e. The fraction of sp³-hybridized carbons (Fsp3) is 0.438. The summed E-state index contributed by atoms with van der Waals surface area (Å²) in [7, 11) is 0. The summed E-state index contributed by atoms with van der Waals surface area (Å²) < 4.78 is 0. The summed E-state index contributed by atoms with van der Waals surface area (Å²) in [6.07, 6.45) is 7.93. The van der Waals surface area contributed by atoms with E-state index < -0.39 is 0 Å². The molecule has 0 radical (unpaired) electrons. The van der Waals surface area contributed by atoms with Gasteiger partial charge in [0.1, 0.15) is 6.29 Å². The second kappa shape index (κ2) is 6.50. The van der Waals surface area contributed by atoms with Gasteiger partial charge in [0.05, 0.1) is 6.61 Å². The maximum atomic E-state index is 10.4. The van der Waals surface area contributed by atoms with Crippen LogP contribution in [0.2, 0.25) is 0 Å². The standard InChI is InChI=1S/C16H20O2/c17-11-9-13-1-5-15(6-2-13)16-7-3-14(4-8-16)10-12-18/h1-2,5-6,10-11,16,18H,3-4,7-9,12H2. The van der Waals surface area contributed by atoms with Crippen molar-refractivity contribution >= 4 is 6.29 Å². The van der Waals surface area contributed by atoms with Crippen LogP contribution in [-0.4, -0.2) is 18.0 Å². The van der Waals surface area contributed by atoms with Crippen molar-refractivity contribution in [2.45, 2.75) is 38.0 Å². The Balaban J connectivity index is 1.96. The predicted octanol–water partition coefficient (Wildman–Crippen LogP) is 3.00. The SMILES string of the molecule is O=CCc1ccc(C2CCC(=CCO)CC2)cc1. The number of aldehydes is 1. The molecule has 1 aromatic rings. The lowest BCUT2D eigenvalue weighted by atomic mass is 9.81. The molecule has 0 heterocycles. The number of carbonyl (C=O) groups is 1. The maximum absolute atomic E-state index is 10.4. The third-order valence-corrected chi connectivity index (χ3v) is 3.78. The largest absolute Gasteiger partial charge is 0.392 e. The molecule has 2 nitrogen and oxygen atoms in total. The Bertz CT molecular complexity index is 407. The van der Waals surface area contributed by atoms with Gasteiger partial charge in [0, 0.05) is 6.42 Å². The van der Waals surface area contributed by atoms with Gasteiger partial charge in [-0.1, -0.05) is 35.9 Å². The van der Waals surface area contributed by atoms with Gasteiger partial charge in [-0.25, -0.2) is 0 Å². The van der Waals surface area contributed by atoms with Gasteiger partial charge in [0.2, 0.25) is 0 Å². The molecule has 0 saturated heterocycles. The van der Waals surface area contributed by atoms with Crippen LogP contribution in [0.5, 0.6) is 0 Å². The summed E-state index contributed by atoms with van der Waals surface area (Å²) >= 11 is 0. The van der Waals surface area contributed by atoms with Gasteiger partial charge in [-0.15, -0.1) is 0 Å². The van der Waals surface area contributed by atoms with Crippen LogP contribution in [0.4, 0.5) is 0 Å². The van der Waals surface area contributed by atoms with E-state index in [-0.39, 0.29) is 6.61 Å². The molecule has 1 aliphatic rings. The molecule has 0 atom stereocenters. The monoisotopic (exact) mass is 244 g/mol. The van der Waals surface area contributed by atoms with E-state index in [9.17, 15) is 4.79 Å². The van der Waals surface area contributed by atoms with E-state index in [1.165, 1.54) is 24.0 Å². The molecule has 2 heteroatoms. The zero-order valence-electron chi connectivity index (χ0n) is 10.6. The number of aliphatic hydroxyl groups excluding tert-OH is 1. The number of rotatable bonds is 4. The van der Waals surface area contributed by atoms with Crippen LogP contribution in [0.1, 0.15) is 42.7 Å². The highest BCUT2D eigenvalue weighted by Crippen LogP contribution is 2.35. The fourth-order valence-corrected chi connectivity index (χ4v) is 2.68. The molecule has 0 spiro atoms. The lowest BCUT2D eigenvalue weighted by molar-refractivity contribution is -0.107. The van der Waals surface area contributed by atoms with Crippen molar-refractivity contribution in [2.75, 3.05) is 6.61 Å². The Morgan fingerprint density at radius 2 is 1.83 bits per heavy atom. The van der Waals surface area contributed by atoms with Gasteiger partial charge in [0.15, 0.2) is 0 Å². The van der Waals surface area contributed by atoms with Crippen LogP contribution in [0.25, 0.3) is 0 Å².